The van der Waals surface area contributed by atoms with Gasteiger partial charge in [-0.25, -0.2) is 4.98 Å². The number of hydrogen-bond donors (Lipinski definition) is 2. The molecular formula is C18H18ClN3OS. The van der Waals surface area contributed by atoms with Crippen LogP contribution in [-0.4, -0.2) is 28.2 Å². The summed E-state index contributed by atoms with van der Waals surface area (Å²) >= 11 is 7.52. The van der Waals surface area contributed by atoms with Crippen LogP contribution in [0.25, 0.3) is 11.0 Å². The summed E-state index contributed by atoms with van der Waals surface area (Å²) in [6, 6.07) is 15.6. The summed E-state index contributed by atoms with van der Waals surface area (Å²) in [6.07, 6.45) is 0.694. The number of para-hydroxylation sites is 2. The predicted octanol–water partition coefficient (Wildman–Crippen LogP) is 3.81. The summed E-state index contributed by atoms with van der Waals surface area (Å²) in [5.74, 6) is 2.14. The van der Waals surface area contributed by atoms with Crippen molar-refractivity contribution in [2.24, 2.45) is 0 Å². The molecule has 0 aliphatic rings. The van der Waals surface area contributed by atoms with Crippen LogP contribution in [-0.2, 0) is 17.0 Å². The third kappa shape index (κ3) is 4.76. The van der Waals surface area contributed by atoms with Gasteiger partial charge in [-0.2, -0.15) is 0 Å². The van der Waals surface area contributed by atoms with Crippen molar-refractivity contribution in [1.82, 2.24) is 15.3 Å². The van der Waals surface area contributed by atoms with Gasteiger partial charge in [0.25, 0.3) is 0 Å². The molecule has 0 radical (unpaired) electrons. The summed E-state index contributed by atoms with van der Waals surface area (Å²) in [5.41, 5.74) is 3.11. The Morgan fingerprint density at radius 2 is 2.08 bits per heavy atom. The Kier molecular flexibility index (Phi) is 5.77. The second-order valence-corrected chi connectivity index (χ2v) is 6.85. The second kappa shape index (κ2) is 8.22. The molecule has 3 aromatic rings. The SMILES string of the molecule is O=C(CSCc1cccc(Cl)c1)NCCc1nc2ccccc2[nH]1. The number of nitrogens with one attached hydrogen (secondary N) is 2. The van der Waals surface area contributed by atoms with Gasteiger partial charge in [0.15, 0.2) is 0 Å². The minimum Gasteiger partial charge on any atom is -0.355 e. The standard InChI is InChI=1S/C18H18ClN3OS/c19-14-5-3-4-13(10-14)11-24-12-18(23)20-9-8-17-21-15-6-1-2-7-16(15)22-17/h1-7,10H,8-9,11-12H2,(H,20,23)(H,21,22). The van der Waals surface area contributed by atoms with Crippen LogP contribution in [0.2, 0.25) is 5.02 Å². The van der Waals surface area contributed by atoms with Crippen molar-refractivity contribution in [3.8, 4) is 0 Å². The molecule has 24 heavy (non-hydrogen) atoms. The van der Waals surface area contributed by atoms with E-state index in [0.717, 1.165) is 33.2 Å². The van der Waals surface area contributed by atoms with E-state index in [0.29, 0.717) is 18.7 Å². The van der Waals surface area contributed by atoms with E-state index in [-0.39, 0.29) is 5.91 Å². The molecule has 0 saturated carbocycles. The first-order chi connectivity index (χ1) is 11.7. The minimum atomic E-state index is 0.0399. The van der Waals surface area contributed by atoms with Crippen molar-refractivity contribution >= 4 is 40.3 Å². The number of hydrogen-bond acceptors (Lipinski definition) is 3. The summed E-state index contributed by atoms with van der Waals surface area (Å²) < 4.78 is 0. The predicted molar refractivity (Wildman–Crippen MR) is 100 cm³/mol. The van der Waals surface area contributed by atoms with E-state index in [9.17, 15) is 4.79 Å². The Balaban J connectivity index is 1.38. The second-order valence-electron chi connectivity index (χ2n) is 5.42. The number of fused-ring (bicyclic) bond motifs is 1. The fraction of sp³-hybridized carbons (Fsp3) is 0.222. The van der Waals surface area contributed by atoms with Gasteiger partial charge in [-0.3, -0.25) is 4.79 Å². The number of halogens is 1. The molecule has 124 valence electrons. The molecule has 3 rings (SSSR count). The van der Waals surface area contributed by atoms with E-state index in [2.05, 4.69) is 15.3 Å². The maximum absolute atomic E-state index is 11.9. The van der Waals surface area contributed by atoms with Gasteiger partial charge in [-0.05, 0) is 29.8 Å². The van der Waals surface area contributed by atoms with E-state index < -0.39 is 0 Å². The molecule has 1 aromatic heterocycles. The molecule has 0 spiro atoms. The number of carbonyl (C=O) groups is 1. The van der Waals surface area contributed by atoms with Crippen molar-refractivity contribution < 1.29 is 4.79 Å². The molecule has 1 amide bonds. The van der Waals surface area contributed by atoms with Gasteiger partial charge in [0.05, 0.1) is 16.8 Å². The van der Waals surface area contributed by atoms with Crippen molar-refractivity contribution in [2.75, 3.05) is 12.3 Å². The van der Waals surface area contributed by atoms with Gasteiger partial charge in [0.2, 0.25) is 5.91 Å². The van der Waals surface area contributed by atoms with E-state index in [1.807, 2.05) is 48.5 Å². The van der Waals surface area contributed by atoms with Crippen molar-refractivity contribution in [3.63, 3.8) is 0 Å². The monoisotopic (exact) mass is 359 g/mol. The van der Waals surface area contributed by atoms with E-state index >= 15 is 0 Å². The van der Waals surface area contributed by atoms with Crippen molar-refractivity contribution in [1.29, 1.82) is 0 Å². The fourth-order valence-corrected chi connectivity index (χ4v) is 3.40. The van der Waals surface area contributed by atoms with Crippen LogP contribution in [0, 0.1) is 0 Å². The molecule has 1 heterocycles. The van der Waals surface area contributed by atoms with Crippen LogP contribution in [0.1, 0.15) is 11.4 Å². The molecule has 2 aromatic carbocycles. The van der Waals surface area contributed by atoms with Gasteiger partial charge in [0.1, 0.15) is 5.82 Å². The molecule has 0 unspecified atom stereocenters. The third-order valence-electron chi connectivity index (χ3n) is 3.51. The average molecular weight is 360 g/mol. The largest absolute Gasteiger partial charge is 0.355 e. The lowest BCUT2D eigenvalue weighted by atomic mass is 10.2. The summed E-state index contributed by atoms with van der Waals surface area (Å²) in [4.78, 5) is 19.6. The highest BCUT2D eigenvalue weighted by Crippen LogP contribution is 2.16. The lowest BCUT2D eigenvalue weighted by Crippen LogP contribution is -2.27. The zero-order chi connectivity index (χ0) is 16.8. The van der Waals surface area contributed by atoms with Crippen LogP contribution in [0.5, 0.6) is 0 Å². The molecule has 0 saturated heterocycles. The Hall–Kier alpha value is -1.98. The summed E-state index contributed by atoms with van der Waals surface area (Å²) in [5, 5.41) is 3.65. The smallest absolute Gasteiger partial charge is 0.230 e. The lowest BCUT2D eigenvalue weighted by molar-refractivity contribution is -0.118. The van der Waals surface area contributed by atoms with Gasteiger partial charge in [-0.1, -0.05) is 35.9 Å². The molecule has 0 aliphatic carbocycles. The number of carbonyl (C=O) groups excluding carboxylic acids is 1. The van der Waals surface area contributed by atoms with Crippen molar-refractivity contribution in [3.05, 3.63) is 64.9 Å². The third-order valence-corrected chi connectivity index (χ3v) is 4.75. The molecule has 0 atom stereocenters. The molecule has 0 aliphatic heterocycles. The molecule has 0 bridgehead atoms. The number of aromatic amines is 1. The van der Waals surface area contributed by atoms with Gasteiger partial charge >= 0.3 is 0 Å². The molecular weight excluding hydrogens is 342 g/mol. The van der Waals surface area contributed by atoms with Crippen LogP contribution < -0.4 is 5.32 Å². The summed E-state index contributed by atoms with van der Waals surface area (Å²) in [6.45, 7) is 0.580. The molecule has 2 N–H and O–H groups in total. The Morgan fingerprint density at radius 1 is 1.21 bits per heavy atom. The van der Waals surface area contributed by atoms with Gasteiger partial charge in [-0.15, -0.1) is 11.8 Å². The zero-order valence-corrected chi connectivity index (χ0v) is 14.7. The average Bonchev–Trinajstić information content (AvgIpc) is 2.97. The number of nitrogens with zero attached hydrogens (tertiary/aromatic N) is 1. The van der Waals surface area contributed by atoms with E-state index in [1.54, 1.807) is 11.8 Å². The van der Waals surface area contributed by atoms with Crippen LogP contribution in [0.4, 0.5) is 0 Å². The number of rotatable bonds is 7. The van der Waals surface area contributed by atoms with Crippen LogP contribution >= 0.6 is 23.4 Å². The summed E-state index contributed by atoms with van der Waals surface area (Å²) in [7, 11) is 0. The highest BCUT2D eigenvalue weighted by atomic mass is 35.5. The maximum atomic E-state index is 11.9. The zero-order valence-electron chi connectivity index (χ0n) is 13.1. The Morgan fingerprint density at radius 3 is 2.92 bits per heavy atom. The maximum Gasteiger partial charge on any atom is 0.230 e. The highest BCUT2D eigenvalue weighted by Gasteiger charge is 2.05. The number of H-pyrrole nitrogens is 1. The Labute approximate surface area is 150 Å². The van der Waals surface area contributed by atoms with E-state index in [4.69, 9.17) is 11.6 Å². The van der Waals surface area contributed by atoms with Gasteiger partial charge in [0, 0.05) is 23.7 Å². The van der Waals surface area contributed by atoms with Crippen LogP contribution in [0.15, 0.2) is 48.5 Å². The molecule has 4 nitrogen and oxygen atoms in total. The van der Waals surface area contributed by atoms with Crippen molar-refractivity contribution in [2.45, 2.75) is 12.2 Å². The molecule has 6 heteroatoms. The number of imidazole rings is 1. The van der Waals surface area contributed by atoms with Crippen LogP contribution in [0.3, 0.4) is 0 Å². The van der Waals surface area contributed by atoms with Gasteiger partial charge < -0.3 is 10.3 Å². The normalized spacial score (nSPS) is 10.9. The minimum absolute atomic E-state index is 0.0399. The number of aromatic nitrogens is 2. The number of benzene rings is 2. The first-order valence-corrected chi connectivity index (χ1v) is 9.26. The Bertz CT molecular complexity index is 801. The first kappa shape index (κ1) is 16.9. The molecule has 0 fully saturated rings. The fourth-order valence-electron chi connectivity index (χ4n) is 2.38. The first-order valence-electron chi connectivity index (χ1n) is 7.73. The lowest BCUT2D eigenvalue weighted by Gasteiger charge is -2.04. The topological polar surface area (TPSA) is 57.8 Å². The number of amides is 1. The van der Waals surface area contributed by atoms with E-state index in [1.165, 1.54) is 0 Å². The highest BCUT2D eigenvalue weighted by molar-refractivity contribution is 7.99. The number of thioether (sulfide) groups is 1. The quantitative estimate of drug-likeness (QED) is 0.674.